The molecule has 0 saturated heterocycles. The smallest absolute Gasteiger partial charge is 0.305 e. The number of hydrogen-bond donors (Lipinski definition) is 18. The topological polar surface area (TPSA) is 524 Å². The third kappa shape index (κ3) is 25.2. The van der Waals surface area contributed by atoms with E-state index in [1.165, 1.54) is 26.4 Å². The summed E-state index contributed by atoms with van der Waals surface area (Å²) in [5.41, 5.74) is 16.3. The summed E-state index contributed by atoms with van der Waals surface area (Å²) in [5.74, 6) is -15.6. The molecule has 11 amide bonds. The summed E-state index contributed by atoms with van der Waals surface area (Å²) in [5, 5.41) is 75.3. The Kier molecular flexibility index (Phi) is 31.6. The third-order valence-electron chi connectivity index (χ3n) is 17.0. The standard InChI is InChI=1S/C73H90N14O18S/c1-7-45-16-11-12-19-51(45)47-26-22-43(23-27-47)29-54(67(100)80-53(63(75)96)28-42-20-24-46(25-21-42)48-17-13-18-50(30-48)106-6)82-68(101)56(33-60(94)95)83-69(102)57(37-88)84-70(103)61(40(3)89)86-72(105)73(5,34-44-14-9-8-10-15-44)87-71(104)62(41(4)90)85-58(91)36-77-66(99)55(32-59(92)93)81-64(97)39(2)79-65(98)52(74)31-49-35-76-38-78-49/h8-27,30,35,38-41,52-57,61-62,88-90H,7,28-29,31-34,36-37,74H2,1-6H3,(H2,75,96)(H,76,78)(H,77,99)(H,79,98)(H,80,100)(H,81,97)(H,82,101)(H,83,102)(H,84,103)(H,85,91)(H,86,105)(H,87,104)(H,92,93)(H,94,95)/t39-,40+,41+,52-,53-,54-,55-,56-,57-,61-,62-,73-/m0/s1. The fraction of sp³-hybridized carbons (Fsp3) is 0.370. The molecule has 0 bridgehead atoms. The monoisotopic (exact) mass is 1480 g/mol. The molecule has 33 heteroatoms. The molecule has 566 valence electrons. The zero-order chi connectivity index (χ0) is 77.9. The van der Waals surface area contributed by atoms with Gasteiger partial charge in [0.1, 0.15) is 53.9 Å². The van der Waals surface area contributed by atoms with Crippen LogP contribution in [0.5, 0.6) is 0 Å². The van der Waals surface area contributed by atoms with Crippen molar-refractivity contribution in [2.45, 2.75) is 157 Å². The predicted octanol–water partition coefficient (Wildman–Crippen LogP) is -1.30. The minimum atomic E-state index is -2.18. The lowest BCUT2D eigenvalue weighted by atomic mass is 9.90. The molecule has 6 aromatic rings. The van der Waals surface area contributed by atoms with Crippen LogP contribution < -0.4 is 64.6 Å². The van der Waals surface area contributed by atoms with Crippen molar-refractivity contribution in [2.75, 3.05) is 19.4 Å². The molecule has 1 aromatic heterocycles. The van der Waals surface area contributed by atoms with E-state index in [0.29, 0.717) is 22.4 Å². The number of imidazole rings is 1. The number of carboxylic acid groups (broad SMARTS) is 2. The summed E-state index contributed by atoms with van der Waals surface area (Å²) >= 11 is 1.58. The molecule has 0 aliphatic rings. The first-order chi connectivity index (χ1) is 50.3. The SMILES string of the molecule is CCc1ccccc1-c1ccc(C[C@H](NC(=O)[C@H](CC(=O)O)NC(=O)[C@H](CO)NC(=O)[C@@H](NC(=O)[C@](C)(Cc2ccccc2)NC(=O)[C@@H](NC(=O)CNC(=O)[C@H](CC(=O)O)NC(=O)[C@H](C)NC(=O)[C@@H](N)Cc2cnc[nH]2)[C@@H](C)O)[C@@H](C)O)C(=O)N[C@@H](Cc2ccc(-c3cccc(SC)c3)cc2)C(N)=O)cc1. The number of thioether (sulfide) groups is 1. The van der Waals surface area contributed by atoms with Gasteiger partial charge in [-0.25, -0.2) is 4.98 Å². The molecule has 106 heavy (non-hydrogen) atoms. The maximum absolute atomic E-state index is 14.6. The lowest BCUT2D eigenvalue weighted by Crippen LogP contribution is -2.67. The molecule has 0 saturated carbocycles. The number of rotatable bonds is 40. The molecule has 1 heterocycles. The van der Waals surface area contributed by atoms with Gasteiger partial charge in [-0.3, -0.25) is 62.3 Å². The first-order valence-electron chi connectivity index (χ1n) is 33.7. The number of primary amides is 1. The Morgan fingerprint density at radius 2 is 1.08 bits per heavy atom. The van der Waals surface area contributed by atoms with Gasteiger partial charge < -0.3 is 95.2 Å². The van der Waals surface area contributed by atoms with E-state index in [2.05, 4.69) is 63.1 Å². The fourth-order valence-corrected chi connectivity index (χ4v) is 11.5. The molecule has 0 aliphatic heterocycles. The van der Waals surface area contributed by atoms with Crippen molar-refractivity contribution in [2.24, 2.45) is 11.5 Å². The first kappa shape index (κ1) is 83.6. The number of aliphatic hydroxyl groups excluding tert-OH is 3. The Bertz CT molecular complexity index is 4070. The number of hydrogen-bond acceptors (Lipinski definition) is 19. The number of aromatic amines is 1. The van der Waals surface area contributed by atoms with Crippen LogP contribution in [0.2, 0.25) is 0 Å². The minimum Gasteiger partial charge on any atom is -0.481 e. The number of carbonyl (C=O) groups is 13. The predicted molar refractivity (Wildman–Crippen MR) is 388 cm³/mol. The van der Waals surface area contributed by atoms with E-state index in [-0.39, 0.29) is 25.7 Å². The zero-order valence-corrected chi connectivity index (χ0v) is 59.9. The molecule has 20 N–H and O–H groups in total. The zero-order valence-electron chi connectivity index (χ0n) is 59.0. The maximum Gasteiger partial charge on any atom is 0.305 e. The number of aromatic nitrogens is 2. The normalized spacial score (nSPS) is 14.8. The van der Waals surface area contributed by atoms with Crippen LogP contribution in [0, 0.1) is 0 Å². The molecule has 0 radical (unpaired) electrons. The molecule has 5 aromatic carbocycles. The van der Waals surface area contributed by atoms with Crippen LogP contribution in [-0.2, 0) is 94.4 Å². The van der Waals surface area contributed by atoms with E-state index in [1.54, 1.807) is 66.4 Å². The highest BCUT2D eigenvalue weighted by Crippen LogP contribution is 2.27. The lowest BCUT2D eigenvalue weighted by molar-refractivity contribution is -0.142. The number of nitrogens with zero attached hydrogens (tertiary/aromatic N) is 1. The van der Waals surface area contributed by atoms with Crippen molar-refractivity contribution < 1.29 is 87.9 Å². The Labute approximate surface area is 614 Å². The van der Waals surface area contributed by atoms with E-state index in [9.17, 15) is 87.9 Å². The van der Waals surface area contributed by atoms with Crippen LogP contribution in [0.25, 0.3) is 22.3 Å². The summed E-state index contributed by atoms with van der Waals surface area (Å²) in [6.07, 6.45) is -0.937. The van der Waals surface area contributed by atoms with Crippen LogP contribution in [0.4, 0.5) is 0 Å². The minimum absolute atomic E-state index is 0.0203. The van der Waals surface area contributed by atoms with Gasteiger partial charge in [-0.05, 0) is 97.0 Å². The molecule has 0 unspecified atom stereocenters. The van der Waals surface area contributed by atoms with Crippen molar-refractivity contribution in [3.05, 3.63) is 168 Å². The average Bonchev–Trinajstić information content (AvgIpc) is 0.876. The lowest BCUT2D eigenvalue weighted by Gasteiger charge is -2.34. The molecule has 6 rings (SSSR count). The van der Waals surface area contributed by atoms with Gasteiger partial charge in [0.05, 0.1) is 50.6 Å². The third-order valence-corrected chi connectivity index (χ3v) is 17.7. The van der Waals surface area contributed by atoms with Crippen LogP contribution in [0.3, 0.4) is 0 Å². The van der Waals surface area contributed by atoms with Gasteiger partial charge in [0.25, 0.3) is 0 Å². The number of nitrogens with one attached hydrogen (secondary N) is 11. The maximum atomic E-state index is 14.6. The molecular weight excluding hydrogens is 1390 g/mol. The summed E-state index contributed by atoms with van der Waals surface area (Å²) in [6.45, 7) is 4.34. The fourth-order valence-electron chi connectivity index (χ4n) is 11.1. The Balaban J connectivity index is 1.15. The van der Waals surface area contributed by atoms with Gasteiger partial charge in [0.2, 0.25) is 65.0 Å². The number of aryl methyl sites for hydroxylation is 1. The Hall–Kier alpha value is -11.4. The highest BCUT2D eigenvalue weighted by molar-refractivity contribution is 7.98. The van der Waals surface area contributed by atoms with E-state index in [0.717, 1.165) is 53.0 Å². The van der Waals surface area contributed by atoms with E-state index in [1.807, 2.05) is 86.0 Å². The summed E-state index contributed by atoms with van der Waals surface area (Å²) < 4.78 is 0. The molecular formula is C73H90N14O18S. The van der Waals surface area contributed by atoms with Crippen LogP contribution in [0.1, 0.15) is 75.4 Å². The first-order valence-corrected chi connectivity index (χ1v) is 34.9. The van der Waals surface area contributed by atoms with E-state index < -0.39 is 175 Å². The number of H-pyrrole nitrogens is 1. The highest BCUT2D eigenvalue weighted by Gasteiger charge is 2.42. The highest BCUT2D eigenvalue weighted by atomic mass is 32.2. The van der Waals surface area contributed by atoms with Crippen molar-refractivity contribution in [3.63, 3.8) is 0 Å². The van der Waals surface area contributed by atoms with Gasteiger partial charge >= 0.3 is 11.9 Å². The molecule has 0 spiro atoms. The second-order valence-electron chi connectivity index (χ2n) is 25.4. The van der Waals surface area contributed by atoms with E-state index >= 15 is 0 Å². The molecule has 0 fully saturated rings. The Morgan fingerprint density at radius 1 is 0.547 bits per heavy atom. The number of aliphatic carboxylic acids is 2. The van der Waals surface area contributed by atoms with Crippen LogP contribution >= 0.6 is 11.8 Å². The summed E-state index contributed by atoms with van der Waals surface area (Å²) in [4.78, 5) is 184. The second kappa shape index (κ2) is 40.0. The van der Waals surface area contributed by atoms with E-state index in [4.69, 9.17) is 11.5 Å². The van der Waals surface area contributed by atoms with Gasteiger partial charge in [0.15, 0.2) is 0 Å². The largest absolute Gasteiger partial charge is 0.481 e. The van der Waals surface area contributed by atoms with Gasteiger partial charge in [0, 0.05) is 42.5 Å². The number of carboxylic acids is 2. The number of carbonyl (C=O) groups excluding carboxylic acids is 11. The van der Waals surface area contributed by atoms with Crippen molar-refractivity contribution in [3.8, 4) is 22.3 Å². The number of benzene rings is 5. The van der Waals surface area contributed by atoms with Gasteiger partial charge in [-0.1, -0.05) is 122 Å². The number of nitrogens with two attached hydrogens (primary N) is 2. The Morgan fingerprint density at radius 3 is 1.66 bits per heavy atom. The molecule has 32 nitrogen and oxygen atoms in total. The number of amides is 11. The van der Waals surface area contributed by atoms with Gasteiger partial charge in [-0.15, -0.1) is 11.8 Å². The summed E-state index contributed by atoms with van der Waals surface area (Å²) in [6, 6.07) is 22.5. The average molecular weight is 1480 g/mol. The molecule has 12 atom stereocenters. The van der Waals surface area contributed by atoms with Gasteiger partial charge in [-0.2, -0.15) is 0 Å². The second-order valence-corrected chi connectivity index (χ2v) is 26.3. The quantitative estimate of drug-likeness (QED) is 0.0199. The van der Waals surface area contributed by atoms with Crippen LogP contribution in [0.15, 0.2) is 145 Å². The van der Waals surface area contributed by atoms with Crippen molar-refractivity contribution in [1.29, 1.82) is 0 Å². The van der Waals surface area contributed by atoms with Crippen molar-refractivity contribution >= 4 is 88.7 Å². The van der Waals surface area contributed by atoms with Crippen molar-refractivity contribution in [1.82, 2.24) is 63.1 Å². The number of aliphatic hydroxyl groups is 3. The summed E-state index contributed by atoms with van der Waals surface area (Å²) in [7, 11) is 0. The molecule has 0 aliphatic carbocycles. The van der Waals surface area contributed by atoms with Crippen LogP contribution in [-0.4, -0.2) is 204 Å².